The summed E-state index contributed by atoms with van der Waals surface area (Å²) < 4.78 is 5.14. The lowest BCUT2D eigenvalue weighted by Gasteiger charge is -2.35. The first kappa shape index (κ1) is 17.2. The second-order valence-electron chi connectivity index (χ2n) is 5.15. The molecule has 0 bridgehead atoms. The number of hydrazine groups is 1. The van der Waals surface area contributed by atoms with E-state index in [-0.39, 0.29) is 17.8 Å². The topological polar surface area (TPSA) is 67.4 Å². The molecule has 1 unspecified atom stereocenters. The summed E-state index contributed by atoms with van der Waals surface area (Å²) in [4.78, 5) is 24.3. The minimum Gasteiger partial charge on any atom is -0.465 e. The van der Waals surface area contributed by atoms with Gasteiger partial charge in [0.2, 0.25) is 0 Å². The molecule has 5 nitrogen and oxygen atoms in total. The lowest BCUT2D eigenvalue weighted by atomic mass is 9.84. The Hall–Kier alpha value is -1.88. The van der Waals surface area contributed by atoms with Crippen LogP contribution >= 0.6 is 0 Å². The molecule has 2 N–H and O–H groups in total. The molecule has 0 saturated carbocycles. The number of benzene rings is 1. The van der Waals surface area contributed by atoms with Crippen molar-refractivity contribution in [2.75, 3.05) is 6.61 Å². The smallest absolute Gasteiger partial charge is 0.328 e. The Kier molecular flexibility index (Phi) is 6.37. The van der Waals surface area contributed by atoms with Crippen LogP contribution in [0.3, 0.4) is 0 Å². The van der Waals surface area contributed by atoms with Crippen LogP contribution in [0.4, 0.5) is 0 Å². The van der Waals surface area contributed by atoms with Crippen LogP contribution in [0.5, 0.6) is 0 Å². The highest BCUT2D eigenvalue weighted by Gasteiger charge is 2.41. The molecule has 1 aromatic rings. The van der Waals surface area contributed by atoms with Crippen molar-refractivity contribution in [1.29, 1.82) is 0 Å². The van der Waals surface area contributed by atoms with Crippen molar-refractivity contribution in [3.05, 3.63) is 35.9 Å². The molecule has 1 atom stereocenters. The number of ether oxygens (including phenoxy) is 1. The number of carbonyl (C=O) groups is 2. The summed E-state index contributed by atoms with van der Waals surface area (Å²) >= 11 is 0. The molecule has 1 aromatic carbocycles. The van der Waals surface area contributed by atoms with Crippen LogP contribution in [0, 0.1) is 5.92 Å². The Morgan fingerprint density at radius 2 is 1.81 bits per heavy atom. The molecule has 21 heavy (non-hydrogen) atoms. The van der Waals surface area contributed by atoms with Crippen LogP contribution in [0.1, 0.15) is 44.5 Å². The Bertz CT molecular complexity index is 474. The van der Waals surface area contributed by atoms with E-state index in [4.69, 9.17) is 4.74 Å². The van der Waals surface area contributed by atoms with Gasteiger partial charge in [0, 0.05) is 5.56 Å². The summed E-state index contributed by atoms with van der Waals surface area (Å²) in [6.45, 7) is 7.80. The predicted molar refractivity (Wildman–Crippen MR) is 81.5 cm³/mol. The van der Waals surface area contributed by atoms with Crippen LogP contribution in [0.2, 0.25) is 0 Å². The van der Waals surface area contributed by atoms with Gasteiger partial charge in [0.1, 0.15) is 5.54 Å². The van der Waals surface area contributed by atoms with E-state index in [2.05, 4.69) is 10.9 Å². The second-order valence-corrected chi connectivity index (χ2v) is 5.15. The van der Waals surface area contributed by atoms with Crippen molar-refractivity contribution in [1.82, 2.24) is 10.9 Å². The van der Waals surface area contributed by atoms with Gasteiger partial charge in [0.15, 0.2) is 0 Å². The molecule has 1 rings (SSSR count). The number of carbonyl (C=O) groups excluding carboxylic acids is 2. The first-order valence-corrected chi connectivity index (χ1v) is 7.27. The van der Waals surface area contributed by atoms with Crippen LogP contribution < -0.4 is 10.9 Å². The predicted octanol–water partition coefficient (Wildman–Crippen LogP) is 2.29. The average molecular weight is 292 g/mol. The van der Waals surface area contributed by atoms with Crippen molar-refractivity contribution in [3.63, 3.8) is 0 Å². The molecular formula is C16H24N2O3. The first-order chi connectivity index (χ1) is 9.97. The highest BCUT2D eigenvalue weighted by molar-refractivity contribution is 5.94. The van der Waals surface area contributed by atoms with Gasteiger partial charge >= 0.3 is 5.97 Å². The van der Waals surface area contributed by atoms with E-state index < -0.39 is 5.54 Å². The van der Waals surface area contributed by atoms with Gasteiger partial charge in [-0.15, -0.1) is 0 Å². The van der Waals surface area contributed by atoms with E-state index in [1.807, 2.05) is 26.8 Å². The molecule has 0 saturated heterocycles. The Balaban J connectivity index is 2.83. The van der Waals surface area contributed by atoms with Crippen molar-refractivity contribution >= 4 is 11.9 Å². The zero-order valence-corrected chi connectivity index (χ0v) is 13.1. The normalized spacial score (nSPS) is 13.6. The molecule has 0 aliphatic rings. The van der Waals surface area contributed by atoms with E-state index in [1.54, 1.807) is 31.2 Å². The molecule has 0 aliphatic heterocycles. The van der Waals surface area contributed by atoms with Gasteiger partial charge in [-0.05, 0) is 31.4 Å². The molecule has 0 spiro atoms. The summed E-state index contributed by atoms with van der Waals surface area (Å²) in [5.41, 5.74) is 5.11. The fraction of sp³-hybridized carbons (Fsp3) is 0.500. The SMILES string of the molecule is CCOC(=O)C(CC)(NNC(=O)c1ccccc1)C(C)C. The molecule has 0 aromatic heterocycles. The number of nitrogens with one attached hydrogen (secondary N) is 2. The summed E-state index contributed by atoms with van der Waals surface area (Å²) in [6.07, 6.45) is 0.512. The van der Waals surface area contributed by atoms with Gasteiger partial charge in [0.25, 0.3) is 5.91 Å². The monoisotopic (exact) mass is 292 g/mol. The largest absolute Gasteiger partial charge is 0.465 e. The maximum atomic E-state index is 12.3. The number of hydrogen-bond donors (Lipinski definition) is 2. The zero-order chi connectivity index (χ0) is 15.9. The number of rotatable bonds is 7. The third kappa shape index (κ3) is 4.04. The Labute approximate surface area is 126 Å². The summed E-state index contributed by atoms with van der Waals surface area (Å²) in [7, 11) is 0. The van der Waals surface area contributed by atoms with E-state index in [0.717, 1.165) is 0 Å². The molecule has 0 heterocycles. The summed E-state index contributed by atoms with van der Waals surface area (Å²) in [5.74, 6) is -0.660. The van der Waals surface area contributed by atoms with Crippen LogP contribution in [0.25, 0.3) is 0 Å². The van der Waals surface area contributed by atoms with Crippen LogP contribution in [-0.4, -0.2) is 24.0 Å². The molecule has 0 radical (unpaired) electrons. The minimum atomic E-state index is -0.930. The molecule has 0 aliphatic carbocycles. The molecule has 0 fully saturated rings. The Morgan fingerprint density at radius 1 is 1.19 bits per heavy atom. The van der Waals surface area contributed by atoms with Crippen molar-refractivity contribution < 1.29 is 14.3 Å². The van der Waals surface area contributed by atoms with Gasteiger partial charge in [-0.3, -0.25) is 10.2 Å². The highest BCUT2D eigenvalue weighted by atomic mass is 16.5. The number of amides is 1. The molecule has 116 valence electrons. The van der Waals surface area contributed by atoms with Crippen LogP contribution in [0.15, 0.2) is 30.3 Å². The fourth-order valence-electron chi connectivity index (χ4n) is 2.16. The van der Waals surface area contributed by atoms with Gasteiger partial charge in [-0.1, -0.05) is 39.0 Å². The average Bonchev–Trinajstić information content (AvgIpc) is 2.49. The maximum absolute atomic E-state index is 12.3. The molecular weight excluding hydrogens is 268 g/mol. The minimum absolute atomic E-state index is 0.0300. The van der Waals surface area contributed by atoms with E-state index >= 15 is 0 Å². The second kappa shape index (κ2) is 7.78. The van der Waals surface area contributed by atoms with E-state index in [0.29, 0.717) is 18.6 Å². The van der Waals surface area contributed by atoms with E-state index in [9.17, 15) is 9.59 Å². The Morgan fingerprint density at radius 3 is 2.29 bits per heavy atom. The fourth-order valence-corrected chi connectivity index (χ4v) is 2.16. The van der Waals surface area contributed by atoms with Crippen LogP contribution in [-0.2, 0) is 9.53 Å². The van der Waals surface area contributed by atoms with Gasteiger partial charge in [-0.2, -0.15) is 0 Å². The quantitative estimate of drug-likeness (QED) is 0.597. The van der Waals surface area contributed by atoms with Crippen molar-refractivity contribution in [3.8, 4) is 0 Å². The number of hydrogen-bond acceptors (Lipinski definition) is 4. The number of esters is 1. The highest BCUT2D eigenvalue weighted by Crippen LogP contribution is 2.22. The van der Waals surface area contributed by atoms with Crippen molar-refractivity contribution in [2.24, 2.45) is 5.92 Å². The lowest BCUT2D eigenvalue weighted by Crippen LogP contribution is -2.62. The molecule has 1 amide bonds. The zero-order valence-electron chi connectivity index (χ0n) is 13.1. The standard InChI is InChI=1S/C16H24N2O3/c1-5-16(12(3)4,15(20)21-6-2)18-17-14(19)13-10-8-7-9-11-13/h7-12,18H,5-6H2,1-4H3,(H,17,19). The van der Waals surface area contributed by atoms with Gasteiger partial charge < -0.3 is 4.74 Å². The first-order valence-electron chi connectivity index (χ1n) is 7.27. The molecule has 5 heteroatoms. The third-order valence-corrected chi connectivity index (χ3v) is 3.62. The lowest BCUT2D eigenvalue weighted by molar-refractivity contribution is -0.154. The summed E-state index contributed by atoms with van der Waals surface area (Å²) in [5, 5.41) is 0. The summed E-state index contributed by atoms with van der Waals surface area (Å²) in [6, 6.07) is 8.84. The third-order valence-electron chi connectivity index (χ3n) is 3.62. The van der Waals surface area contributed by atoms with Gasteiger partial charge in [-0.25, -0.2) is 10.2 Å². The van der Waals surface area contributed by atoms with E-state index in [1.165, 1.54) is 0 Å². The van der Waals surface area contributed by atoms with Gasteiger partial charge in [0.05, 0.1) is 6.61 Å². The maximum Gasteiger partial charge on any atom is 0.328 e. The van der Waals surface area contributed by atoms with Crippen molar-refractivity contribution in [2.45, 2.75) is 39.7 Å².